The van der Waals surface area contributed by atoms with E-state index in [2.05, 4.69) is 15.3 Å². The van der Waals surface area contributed by atoms with Crippen LogP contribution in [0.2, 0.25) is 0 Å². The van der Waals surface area contributed by atoms with E-state index in [1.165, 1.54) is 18.2 Å². The van der Waals surface area contributed by atoms with Crippen molar-refractivity contribution in [2.45, 2.75) is 6.54 Å². The molecule has 134 valence electrons. The molecule has 0 saturated heterocycles. The van der Waals surface area contributed by atoms with Crippen molar-refractivity contribution in [3.63, 3.8) is 0 Å². The van der Waals surface area contributed by atoms with Gasteiger partial charge in [0, 0.05) is 23.6 Å². The van der Waals surface area contributed by atoms with Crippen LogP contribution in [-0.4, -0.2) is 20.4 Å². The molecule has 0 saturated carbocycles. The van der Waals surface area contributed by atoms with Gasteiger partial charge in [-0.05, 0) is 30.3 Å². The second-order valence-corrected chi connectivity index (χ2v) is 5.88. The molecule has 0 aliphatic carbocycles. The Hall–Kier alpha value is -3.74. The average Bonchev–Trinajstić information content (AvgIpc) is 3.35. The van der Waals surface area contributed by atoms with Crippen LogP contribution < -0.4 is 5.32 Å². The molecule has 0 unspecified atom stereocenters. The molecule has 6 nitrogen and oxygen atoms in total. The van der Waals surface area contributed by atoms with Gasteiger partial charge in [-0.15, -0.1) is 0 Å². The van der Waals surface area contributed by atoms with Gasteiger partial charge >= 0.3 is 0 Å². The first-order valence-corrected chi connectivity index (χ1v) is 8.26. The van der Waals surface area contributed by atoms with Gasteiger partial charge in [-0.3, -0.25) is 4.79 Å². The number of nitrogens with zero attached hydrogens (tertiary/aromatic N) is 3. The molecule has 7 heteroatoms. The third-order valence-electron chi connectivity index (χ3n) is 3.94. The van der Waals surface area contributed by atoms with E-state index in [9.17, 15) is 9.18 Å². The molecule has 27 heavy (non-hydrogen) atoms. The molecule has 2 aromatic carbocycles. The van der Waals surface area contributed by atoms with Gasteiger partial charge in [0.05, 0.1) is 24.6 Å². The fourth-order valence-electron chi connectivity index (χ4n) is 2.65. The number of carbonyl (C=O) groups excluding carboxylic acids is 1. The smallest absolute Gasteiger partial charge is 0.258 e. The molecule has 0 aliphatic heterocycles. The molecule has 0 spiro atoms. The molecular weight excluding hydrogens is 347 g/mol. The molecule has 2 aromatic heterocycles. The first-order chi connectivity index (χ1) is 13.2. The van der Waals surface area contributed by atoms with Crippen LogP contribution >= 0.6 is 0 Å². The van der Waals surface area contributed by atoms with Gasteiger partial charge in [0.15, 0.2) is 0 Å². The van der Waals surface area contributed by atoms with Crippen LogP contribution in [0.5, 0.6) is 0 Å². The third-order valence-corrected chi connectivity index (χ3v) is 3.94. The van der Waals surface area contributed by atoms with Crippen LogP contribution in [0.3, 0.4) is 0 Å². The van der Waals surface area contributed by atoms with E-state index in [1.54, 1.807) is 43.0 Å². The maximum atomic E-state index is 13.8. The topological polar surface area (TPSA) is 73.0 Å². The van der Waals surface area contributed by atoms with Gasteiger partial charge in [-0.2, -0.15) is 0 Å². The minimum Gasteiger partial charge on any atom is -0.439 e. The van der Waals surface area contributed by atoms with E-state index in [4.69, 9.17) is 4.42 Å². The predicted molar refractivity (Wildman–Crippen MR) is 97.6 cm³/mol. The van der Waals surface area contributed by atoms with Crippen molar-refractivity contribution in [3.8, 4) is 11.5 Å². The lowest BCUT2D eigenvalue weighted by atomic mass is 10.1. The Labute approximate surface area is 154 Å². The Balaban J connectivity index is 1.52. The maximum Gasteiger partial charge on any atom is 0.258 e. The van der Waals surface area contributed by atoms with Gasteiger partial charge in [0.1, 0.15) is 11.6 Å². The number of amides is 1. The maximum absolute atomic E-state index is 13.8. The normalized spacial score (nSPS) is 10.7. The van der Waals surface area contributed by atoms with E-state index in [0.29, 0.717) is 29.4 Å². The molecule has 0 radical (unpaired) electrons. The zero-order valence-electron chi connectivity index (χ0n) is 14.2. The molecule has 0 bridgehead atoms. The summed E-state index contributed by atoms with van der Waals surface area (Å²) in [5, 5.41) is 2.69. The van der Waals surface area contributed by atoms with E-state index in [-0.39, 0.29) is 5.56 Å². The number of hydrogen-bond acceptors (Lipinski definition) is 4. The highest BCUT2D eigenvalue weighted by atomic mass is 19.1. The van der Waals surface area contributed by atoms with Gasteiger partial charge in [-0.1, -0.05) is 18.2 Å². The highest BCUT2D eigenvalue weighted by Crippen LogP contribution is 2.23. The van der Waals surface area contributed by atoms with Gasteiger partial charge < -0.3 is 14.3 Å². The molecule has 0 fully saturated rings. The number of benzene rings is 2. The lowest BCUT2D eigenvalue weighted by Crippen LogP contribution is -2.13. The first-order valence-electron chi connectivity index (χ1n) is 8.26. The van der Waals surface area contributed by atoms with Gasteiger partial charge in [0.2, 0.25) is 5.89 Å². The SMILES string of the molecule is O=C(Nc1cccc(-c2ncc(Cn3ccnc3)o2)c1)c1ccccc1F. The Morgan fingerprint density at radius 1 is 1.19 bits per heavy atom. The molecule has 1 amide bonds. The Kier molecular flexibility index (Phi) is 4.49. The van der Waals surface area contributed by atoms with Crippen LogP contribution in [-0.2, 0) is 6.54 Å². The summed E-state index contributed by atoms with van der Waals surface area (Å²) in [6, 6.07) is 12.9. The number of oxazole rings is 1. The highest BCUT2D eigenvalue weighted by Gasteiger charge is 2.12. The zero-order valence-corrected chi connectivity index (χ0v) is 14.2. The van der Waals surface area contributed by atoms with Crippen LogP contribution in [0.15, 0.2) is 77.9 Å². The van der Waals surface area contributed by atoms with Crippen molar-refractivity contribution < 1.29 is 13.6 Å². The Morgan fingerprint density at radius 2 is 2.07 bits per heavy atom. The van der Waals surface area contributed by atoms with Crippen molar-refractivity contribution in [3.05, 3.63) is 90.6 Å². The Bertz CT molecular complexity index is 1070. The number of halogens is 1. The molecule has 4 aromatic rings. The predicted octanol–water partition coefficient (Wildman–Crippen LogP) is 3.98. The standard InChI is InChI=1S/C20H15FN4O2/c21-18-7-2-1-6-17(18)19(26)24-15-5-3-4-14(10-15)20-23-11-16(27-20)12-25-9-8-22-13-25/h1-11,13H,12H2,(H,24,26). The van der Waals surface area contributed by atoms with E-state index in [0.717, 1.165) is 0 Å². The number of imidazole rings is 1. The lowest BCUT2D eigenvalue weighted by Gasteiger charge is -2.07. The second kappa shape index (κ2) is 7.25. The molecule has 1 N–H and O–H groups in total. The molecule has 0 atom stereocenters. The number of hydrogen-bond donors (Lipinski definition) is 1. The van der Waals surface area contributed by atoms with Crippen molar-refractivity contribution in [1.29, 1.82) is 0 Å². The summed E-state index contributed by atoms with van der Waals surface area (Å²) in [7, 11) is 0. The monoisotopic (exact) mass is 362 g/mol. The highest BCUT2D eigenvalue weighted by molar-refractivity contribution is 6.04. The first kappa shape index (κ1) is 16.7. The zero-order chi connectivity index (χ0) is 18.6. The van der Waals surface area contributed by atoms with E-state index in [1.807, 2.05) is 16.8 Å². The number of nitrogens with one attached hydrogen (secondary N) is 1. The molecular formula is C20H15FN4O2. The van der Waals surface area contributed by atoms with E-state index >= 15 is 0 Å². The van der Waals surface area contributed by atoms with Crippen molar-refractivity contribution in [2.75, 3.05) is 5.32 Å². The summed E-state index contributed by atoms with van der Waals surface area (Å²) in [5.74, 6) is 0.0392. The molecule has 0 aliphatic rings. The fourth-order valence-corrected chi connectivity index (χ4v) is 2.65. The summed E-state index contributed by atoms with van der Waals surface area (Å²) in [5.41, 5.74) is 1.22. The fraction of sp³-hybridized carbons (Fsp3) is 0.0500. The lowest BCUT2D eigenvalue weighted by molar-refractivity contribution is 0.102. The number of carbonyl (C=O) groups is 1. The van der Waals surface area contributed by atoms with E-state index < -0.39 is 11.7 Å². The quantitative estimate of drug-likeness (QED) is 0.583. The number of aromatic nitrogens is 3. The van der Waals surface area contributed by atoms with Gasteiger partial charge in [0.25, 0.3) is 5.91 Å². The van der Waals surface area contributed by atoms with Gasteiger partial charge in [-0.25, -0.2) is 14.4 Å². The Morgan fingerprint density at radius 3 is 2.89 bits per heavy atom. The van der Waals surface area contributed by atoms with Crippen LogP contribution in [0.25, 0.3) is 11.5 Å². The summed E-state index contributed by atoms with van der Waals surface area (Å²) < 4.78 is 21.4. The molecule has 4 rings (SSSR count). The summed E-state index contributed by atoms with van der Waals surface area (Å²) in [6.45, 7) is 0.525. The number of rotatable bonds is 5. The van der Waals surface area contributed by atoms with Crippen molar-refractivity contribution >= 4 is 11.6 Å². The minimum atomic E-state index is -0.567. The van der Waals surface area contributed by atoms with Crippen LogP contribution in [0.4, 0.5) is 10.1 Å². The minimum absolute atomic E-state index is 0.0124. The van der Waals surface area contributed by atoms with Crippen molar-refractivity contribution in [2.24, 2.45) is 0 Å². The molecule has 2 heterocycles. The second-order valence-electron chi connectivity index (χ2n) is 5.88. The third kappa shape index (κ3) is 3.77. The summed E-state index contributed by atoms with van der Waals surface area (Å²) >= 11 is 0. The number of anilines is 1. The van der Waals surface area contributed by atoms with Crippen LogP contribution in [0.1, 0.15) is 16.1 Å². The van der Waals surface area contributed by atoms with Crippen LogP contribution in [0, 0.1) is 5.82 Å². The summed E-state index contributed by atoms with van der Waals surface area (Å²) in [4.78, 5) is 20.5. The average molecular weight is 362 g/mol. The van der Waals surface area contributed by atoms with Crippen molar-refractivity contribution in [1.82, 2.24) is 14.5 Å². The summed E-state index contributed by atoms with van der Waals surface area (Å²) in [6.07, 6.45) is 6.88. The largest absolute Gasteiger partial charge is 0.439 e.